The third-order valence-electron chi connectivity index (χ3n) is 1.92. The van der Waals surface area contributed by atoms with Crippen LogP contribution < -0.4 is 5.73 Å². The highest BCUT2D eigenvalue weighted by molar-refractivity contribution is 7.15. The Bertz CT molecular complexity index is 482. The van der Waals surface area contributed by atoms with Crippen molar-refractivity contribution >= 4 is 11.3 Å². The van der Waals surface area contributed by atoms with Crippen LogP contribution in [0.5, 0.6) is 0 Å². The van der Waals surface area contributed by atoms with Crippen LogP contribution in [-0.2, 0) is 6.54 Å². The molecule has 2 aromatic rings. The topological polar surface area (TPSA) is 38.9 Å². The SMILES string of the molecule is NCc1ncc(-c2ccc(F)cc2F)s1. The lowest BCUT2D eigenvalue weighted by molar-refractivity contribution is 0.586. The normalized spacial score (nSPS) is 10.6. The van der Waals surface area contributed by atoms with Gasteiger partial charge in [0.2, 0.25) is 0 Å². The second-order valence-corrected chi connectivity index (χ2v) is 4.06. The smallest absolute Gasteiger partial charge is 0.134 e. The quantitative estimate of drug-likeness (QED) is 0.854. The summed E-state index contributed by atoms with van der Waals surface area (Å²) in [6.45, 7) is 0.327. The fraction of sp³-hybridized carbons (Fsp3) is 0.100. The fourth-order valence-corrected chi connectivity index (χ4v) is 2.04. The Morgan fingerprint density at radius 3 is 2.73 bits per heavy atom. The van der Waals surface area contributed by atoms with Crippen molar-refractivity contribution in [3.05, 3.63) is 41.0 Å². The molecular formula is C10H8F2N2S. The summed E-state index contributed by atoms with van der Waals surface area (Å²) in [7, 11) is 0. The highest BCUT2D eigenvalue weighted by atomic mass is 32.1. The van der Waals surface area contributed by atoms with E-state index >= 15 is 0 Å². The summed E-state index contributed by atoms with van der Waals surface area (Å²) in [6.07, 6.45) is 1.54. The van der Waals surface area contributed by atoms with Crippen LogP contribution in [0.25, 0.3) is 10.4 Å². The molecule has 2 N–H and O–H groups in total. The molecule has 0 fully saturated rings. The van der Waals surface area contributed by atoms with Crippen LogP contribution >= 0.6 is 11.3 Å². The molecule has 0 aliphatic carbocycles. The van der Waals surface area contributed by atoms with E-state index in [-0.39, 0.29) is 0 Å². The minimum atomic E-state index is -0.584. The molecule has 15 heavy (non-hydrogen) atoms. The van der Waals surface area contributed by atoms with Crippen molar-refractivity contribution in [3.8, 4) is 10.4 Å². The maximum absolute atomic E-state index is 13.4. The predicted octanol–water partition coefficient (Wildman–Crippen LogP) is 2.55. The second kappa shape index (κ2) is 4.04. The molecule has 0 aliphatic rings. The monoisotopic (exact) mass is 226 g/mol. The summed E-state index contributed by atoms with van der Waals surface area (Å²) < 4.78 is 26.0. The molecule has 78 valence electrons. The molecular weight excluding hydrogens is 218 g/mol. The lowest BCUT2D eigenvalue weighted by atomic mass is 10.2. The van der Waals surface area contributed by atoms with Gasteiger partial charge in [-0.2, -0.15) is 0 Å². The molecule has 0 radical (unpaired) electrons. The highest BCUT2D eigenvalue weighted by Crippen LogP contribution is 2.28. The zero-order valence-electron chi connectivity index (χ0n) is 7.71. The van der Waals surface area contributed by atoms with E-state index < -0.39 is 11.6 Å². The minimum absolute atomic E-state index is 0.327. The molecule has 1 aromatic heterocycles. The first-order valence-corrected chi connectivity index (χ1v) is 5.12. The van der Waals surface area contributed by atoms with Crippen molar-refractivity contribution < 1.29 is 8.78 Å². The molecule has 1 heterocycles. The molecule has 0 unspecified atom stereocenters. The van der Waals surface area contributed by atoms with Gasteiger partial charge in [0.1, 0.15) is 16.6 Å². The lowest BCUT2D eigenvalue weighted by Crippen LogP contribution is -1.93. The van der Waals surface area contributed by atoms with Gasteiger partial charge in [0.05, 0.1) is 4.88 Å². The predicted molar refractivity (Wildman–Crippen MR) is 55.4 cm³/mol. The number of halogens is 2. The van der Waals surface area contributed by atoms with Crippen molar-refractivity contribution in [1.82, 2.24) is 4.98 Å². The van der Waals surface area contributed by atoms with Crippen molar-refractivity contribution in [2.24, 2.45) is 5.73 Å². The van der Waals surface area contributed by atoms with Gasteiger partial charge >= 0.3 is 0 Å². The van der Waals surface area contributed by atoms with Gasteiger partial charge in [-0.15, -0.1) is 11.3 Å². The Kier molecular flexibility index (Phi) is 2.75. The standard InChI is InChI=1S/C10H8F2N2S/c11-6-1-2-7(8(12)3-6)9-5-14-10(4-13)15-9/h1-3,5H,4,13H2. The molecule has 0 saturated heterocycles. The van der Waals surface area contributed by atoms with Crippen LogP contribution in [-0.4, -0.2) is 4.98 Å². The maximum atomic E-state index is 13.4. The van der Waals surface area contributed by atoms with Crippen LogP contribution in [0.15, 0.2) is 24.4 Å². The summed E-state index contributed by atoms with van der Waals surface area (Å²) in [5, 5.41) is 0.730. The Morgan fingerprint density at radius 1 is 1.33 bits per heavy atom. The van der Waals surface area contributed by atoms with Gasteiger partial charge < -0.3 is 5.73 Å². The van der Waals surface area contributed by atoms with E-state index in [4.69, 9.17) is 5.73 Å². The highest BCUT2D eigenvalue weighted by Gasteiger charge is 2.09. The second-order valence-electron chi connectivity index (χ2n) is 2.95. The minimum Gasteiger partial charge on any atom is -0.325 e. The van der Waals surface area contributed by atoms with Crippen molar-refractivity contribution in [3.63, 3.8) is 0 Å². The number of rotatable bonds is 2. The third-order valence-corrected chi connectivity index (χ3v) is 2.98. The van der Waals surface area contributed by atoms with Gasteiger partial charge in [-0.05, 0) is 12.1 Å². The number of benzene rings is 1. The van der Waals surface area contributed by atoms with Gasteiger partial charge in [-0.1, -0.05) is 0 Å². The molecule has 0 spiro atoms. The maximum Gasteiger partial charge on any atom is 0.134 e. The third kappa shape index (κ3) is 2.03. The van der Waals surface area contributed by atoms with Crippen LogP contribution in [0.3, 0.4) is 0 Å². The zero-order valence-corrected chi connectivity index (χ0v) is 8.52. The summed E-state index contributed by atoms with van der Waals surface area (Å²) in [5.41, 5.74) is 5.75. The Labute approximate surface area is 89.4 Å². The Hall–Kier alpha value is -1.33. The Morgan fingerprint density at radius 2 is 2.13 bits per heavy atom. The van der Waals surface area contributed by atoms with Gasteiger partial charge in [0.25, 0.3) is 0 Å². The van der Waals surface area contributed by atoms with Gasteiger partial charge in [-0.25, -0.2) is 13.8 Å². The summed E-state index contributed by atoms with van der Waals surface area (Å²) in [6, 6.07) is 3.48. The number of thiazole rings is 1. The first kappa shape index (κ1) is 10.2. The number of hydrogen-bond donors (Lipinski definition) is 1. The lowest BCUT2D eigenvalue weighted by Gasteiger charge is -1.98. The average molecular weight is 226 g/mol. The van der Waals surface area contributed by atoms with E-state index in [1.807, 2.05) is 0 Å². The number of hydrogen-bond acceptors (Lipinski definition) is 3. The largest absolute Gasteiger partial charge is 0.325 e. The van der Waals surface area contributed by atoms with E-state index in [9.17, 15) is 8.78 Å². The van der Waals surface area contributed by atoms with Crippen LogP contribution in [0, 0.1) is 11.6 Å². The number of nitrogens with zero attached hydrogens (tertiary/aromatic N) is 1. The van der Waals surface area contributed by atoms with E-state index in [1.165, 1.54) is 23.5 Å². The zero-order chi connectivity index (χ0) is 10.8. The molecule has 2 nitrogen and oxygen atoms in total. The molecule has 2 rings (SSSR count). The first-order valence-electron chi connectivity index (χ1n) is 4.31. The van der Waals surface area contributed by atoms with Crippen molar-refractivity contribution in [2.45, 2.75) is 6.54 Å². The average Bonchev–Trinajstić information content (AvgIpc) is 2.66. The molecule has 5 heteroatoms. The summed E-state index contributed by atoms with van der Waals surface area (Å²) in [4.78, 5) is 4.67. The first-order chi connectivity index (χ1) is 7.20. The number of nitrogens with two attached hydrogens (primary N) is 1. The molecule has 0 atom stereocenters. The van der Waals surface area contributed by atoms with E-state index in [0.29, 0.717) is 17.0 Å². The summed E-state index contributed by atoms with van der Waals surface area (Å²) >= 11 is 1.31. The van der Waals surface area contributed by atoms with E-state index in [0.717, 1.165) is 11.1 Å². The van der Waals surface area contributed by atoms with Gasteiger partial charge in [0, 0.05) is 24.4 Å². The molecule has 0 saturated carbocycles. The number of aromatic nitrogens is 1. The van der Waals surface area contributed by atoms with Crippen LogP contribution in [0.1, 0.15) is 5.01 Å². The summed E-state index contributed by atoms with van der Waals surface area (Å²) in [5.74, 6) is -1.16. The molecule has 0 amide bonds. The van der Waals surface area contributed by atoms with Gasteiger partial charge in [-0.3, -0.25) is 0 Å². The van der Waals surface area contributed by atoms with Crippen LogP contribution in [0.2, 0.25) is 0 Å². The van der Waals surface area contributed by atoms with E-state index in [2.05, 4.69) is 4.98 Å². The van der Waals surface area contributed by atoms with Crippen molar-refractivity contribution in [1.29, 1.82) is 0 Å². The van der Waals surface area contributed by atoms with Crippen LogP contribution in [0.4, 0.5) is 8.78 Å². The van der Waals surface area contributed by atoms with Gasteiger partial charge in [0.15, 0.2) is 0 Å². The van der Waals surface area contributed by atoms with Crippen molar-refractivity contribution in [2.75, 3.05) is 0 Å². The van der Waals surface area contributed by atoms with E-state index in [1.54, 1.807) is 6.20 Å². The molecule has 0 aliphatic heterocycles. The fourth-order valence-electron chi connectivity index (χ4n) is 1.22. The molecule has 0 bridgehead atoms. The molecule has 1 aromatic carbocycles. The Balaban J connectivity index is 2.44.